The summed E-state index contributed by atoms with van der Waals surface area (Å²) in [6.45, 7) is 9.96. The van der Waals surface area contributed by atoms with Crippen LogP contribution in [0.5, 0.6) is 0 Å². The van der Waals surface area contributed by atoms with Gasteiger partial charge in [0.2, 0.25) is 17.7 Å². The molecule has 15 nitrogen and oxygen atoms in total. The monoisotopic (exact) mass is 984 g/mol. The number of carbonyl (C=O) groups is 4. The number of piperidine rings is 2. The normalized spacial score (nSPS) is 21.1. The minimum Gasteiger partial charge on any atom is -0.386 e. The van der Waals surface area contributed by atoms with Crippen molar-refractivity contribution in [2.24, 2.45) is 13.0 Å². The van der Waals surface area contributed by atoms with Crippen molar-refractivity contribution in [3.63, 3.8) is 0 Å². The number of amides is 4. The Kier molecular flexibility index (Phi) is 12.1. The fourth-order valence-electron chi connectivity index (χ4n) is 12.2. The van der Waals surface area contributed by atoms with Crippen molar-refractivity contribution in [3.05, 3.63) is 117 Å². The Labute approximate surface area is 415 Å². The molecule has 2 aromatic carbocycles. The molecule has 5 aromatic rings. The number of aromatic nitrogens is 3. The fourth-order valence-corrected chi connectivity index (χ4v) is 12.2. The molecule has 72 heavy (non-hydrogen) atoms. The smallest absolute Gasteiger partial charge is 0.257 e. The van der Waals surface area contributed by atoms with Gasteiger partial charge in [-0.25, -0.2) is 18.2 Å². The van der Waals surface area contributed by atoms with E-state index in [0.29, 0.717) is 98.3 Å². The number of pyridine rings is 2. The number of nitrogens with one attached hydrogen (secondary N) is 2. The summed E-state index contributed by atoms with van der Waals surface area (Å²) in [4.78, 5) is 79.8. The number of benzene rings is 2. The van der Waals surface area contributed by atoms with Crippen molar-refractivity contribution in [2.45, 2.75) is 76.3 Å². The van der Waals surface area contributed by atoms with Gasteiger partial charge < -0.3 is 19.7 Å². The predicted molar refractivity (Wildman–Crippen MR) is 268 cm³/mol. The predicted octanol–water partition coefficient (Wildman–Crippen LogP) is 6.20. The molecule has 8 heterocycles. The molecule has 18 heteroatoms. The number of anilines is 3. The highest BCUT2D eigenvalue weighted by molar-refractivity contribution is 6.15. The summed E-state index contributed by atoms with van der Waals surface area (Å²) in [5, 5.41) is 5.77. The number of nitrogens with zero attached hydrogens (tertiary/aromatic N) is 8. The number of imide groups is 1. The van der Waals surface area contributed by atoms with E-state index in [9.17, 15) is 28.4 Å². The summed E-state index contributed by atoms with van der Waals surface area (Å²) in [5.41, 5.74) is 5.39. The molecule has 1 saturated carbocycles. The van der Waals surface area contributed by atoms with Crippen LogP contribution in [0.1, 0.15) is 90.7 Å². The van der Waals surface area contributed by atoms with Crippen LogP contribution in [0.2, 0.25) is 0 Å². The van der Waals surface area contributed by atoms with Gasteiger partial charge in [0.15, 0.2) is 5.82 Å². The van der Waals surface area contributed by atoms with Crippen LogP contribution in [0.4, 0.5) is 30.2 Å². The van der Waals surface area contributed by atoms with Crippen LogP contribution < -0.4 is 26.0 Å². The minimum atomic E-state index is -0.831. The van der Waals surface area contributed by atoms with E-state index in [4.69, 9.17) is 0 Å². The Morgan fingerprint density at radius 2 is 1.64 bits per heavy atom. The van der Waals surface area contributed by atoms with E-state index >= 15 is 8.78 Å². The van der Waals surface area contributed by atoms with Gasteiger partial charge in [0.05, 0.1) is 34.4 Å². The second-order valence-electron chi connectivity index (χ2n) is 20.6. The summed E-state index contributed by atoms with van der Waals surface area (Å²) < 4.78 is 50.2. The van der Waals surface area contributed by atoms with E-state index in [1.165, 1.54) is 33.9 Å². The Morgan fingerprint density at radius 1 is 0.875 bits per heavy atom. The first kappa shape index (κ1) is 47.5. The van der Waals surface area contributed by atoms with Gasteiger partial charge in [-0.3, -0.25) is 48.6 Å². The van der Waals surface area contributed by atoms with E-state index < -0.39 is 34.8 Å². The van der Waals surface area contributed by atoms with Crippen LogP contribution in [0.3, 0.4) is 0 Å². The molecular formula is C54H59F3N10O5. The molecule has 1 unspecified atom stereocenters. The summed E-state index contributed by atoms with van der Waals surface area (Å²) >= 11 is 0. The van der Waals surface area contributed by atoms with Crippen LogP contribution in [-0.2, 0) is 26.8 Å². The number of piperazine rings is 1. The molecule has 3 aromatic heterocycles. The second-order valence-corrected chi connectivity index (χ2v) is 20.6. The molecule has 1 spiro atoms. The van der Waals surface area contributed by atoms with Gasteiger partial charge >= 0.3 is 0 Å². The quantitative estimate of drug-likeness (QED) is 0.155. The average molecular weight is 985 g/mol. The molecular weight excluding hydrogens is 926 g/mol. The largest absolute Gasteiger partial charge is 0.386 e. The van der Waals surface area contributed by atoms with Crippen molar-refractivity contribution in [1.29, 1.82) is 0 Å². The maximum atomic E-state index is 16.1. The Bertz CT molecular complexity index is 3140. The number of aryl methyl sites for hydroxylation is 2. The van der Waals surface area contributed by atoms with Crippen LogP contribution in [0, 0.1) is 30.3 Å². The van der Waals surface area contributed by atoms with Crippen LogP contribution in [-0.4, -0.2) is 124 Å². The lowest BCUT2D eigenvalue weighted by atomic mass is 9.92. The van der Waals surface area contributed by atoms with Gasteiger partial charge in [0.1, 0.15) is 23.3 Å². The summed E-state index contributed by atoms with van der Waals surface area (Å²) in [6, 6.07) is 10.5. The Hall–Kier alpha value is -6.79. The molecule has 3 saturated heterocycles. The first-order chi connectivity index (χ1) is 34.6. The lowest BCUT2D eigenvalue weighted by molar-refractivity contribution is -0.135. The summed E-state index contributed by atoms with van der Waals surface area (Å²) in [5.74, 6) is -2.23. The van der Waals surface area contributed by atoms with E-state index in [1.54, 1.807) is 19.3 Å². The van der Waals surface area contributed by atoms with Gasteiger partial charge in [-0.1, -0.05) is 6.08 Å². The summed E-state index contributed by atoms with van der Waals surface area (Å²) in [6.07, 6.45) is 8.78. The molecule has 2 atom stereocenters. The lowest BCUT2D eigenvalue weighted by Gasteiger charge is -2.40. The third-order valence-electron chi connectivity index (χ3n) is 16.4. The minimum absolute atomic E-state index is 0.0590. The number of carbonyl (C=O) groups excluding carboxylic acids is 4. The molecule has 2 N–H and O–H groups in total. The van der Waals surface area contributed by atoms with E-state index in [2.05, 4.69) is 38.4 Å². The van der Waals surface area contributed by atoms with E-state index in [0.717, 1.165) is 60.3 Å². The maximum Gasteiger partial charge on any atom is 0.257 e. The number of rotatable bonds is 10. The van der Waals surface area contributed by atoms with Crippen molar-refractivity contribution < 1.29 is 32.3 Å². The Balaban J connectivity index is 0.685. The zero-order valence-electron chi connectivity index (χ0n) is 41.1. The average Bonchev–Trinajstić information content (AvgIpc) is 4.07. The highest BCUT2D eigenvalue weighted by Gasteiger charge is 2.61. The first-order valence-corrected chi connectivity index (χ1v) is 25.2. The van der Waals surface area contributed by atoms with Crippen molar-refractivity contribution in [1.82, 2.24) is 34.1 Å². The molecule has 4 amide bonds. The highest BCUT2D eigenvalue weighted by atomic mass is 19.1. The van der Waals surface area contributed by atoms with E-state index in [1.807, 2.05) is 46.5 Å². The molecule has 11 rings (SSSR count). The number of hydrogen-bond donors (Lipinski definition) is 2. The van der Waals surface area contributed by atoms with Crippen molar-refractivity contribution >= 4 is 57.3 Å². The van der Waals surface area contributed by atoms with Crippen molar-refractivity contribution in [2.75, 3.05) is 81.1 Å². The van der Waals surface area contributed by atoms with Gasteiger partial charge in [-0.05, 0) is 105 Å². The topological polar surface area (TPSA) is 148 Å². The number of hydrogen-bond acceptors (Lipinski definition) is 10. The first-order valence-electron chi connectivity index (χ1n) is 25.2. The number of likely N-dealkylation sites (tertiary alicyclic amines) is 1. The zero-order chi connectivity index (χ0) is 50.3. The SMILES string of the molecule is CNc1cc(=O)n(-c2ccnc3c2cc([C@H](C)N2CC=C(c4c(C)cc(C(=O)N5CCC(CN6CCN(c7cc8c(cc7F)N(C7CCC(=O)NC7=O)C(=O)C87CC7)CC6)CC5)cc4F)CC2)n3C)cc1F. The van der Waals surface area contributed by atoms with Crippen LogP contribution in [0.15, 0.2) is 65.7 Å². The number of fused-ring (bicyclic) bond motifs is 3. The Morgan fingerprint density at radius 3 is 2.32 bits per heavy atom. The second kappa shape index (κ2) is 18.4. The standard InChI is InChI=1S/C54H59F3N10O5/c1-31-23-35(24-39(56)49(31)34-10-17-63(18-11-34)32(2)44-25-36-42(7-14-59-50(36)61(44)4)66-30-40(57)41(58-3)28-48(66)69)52(71)65-15-8-33(9-16-65)29-62-19-21-64(22-20-62)46-26-37-45(27-38(46)55)67(53(72)54(37)12-13-54)43-5-6-47(68)60-51(43)70/h7,10,14,23-28,30,32-33,43,58H,5-6,8-9,11-13,15-22,29H2,1-4H3,(H,60,68,70)/t32-,43?/m0/s1. The molecule has 0 bridgehead atoms. The summed E-state index contributed by atoms with van der Waals surface area (Å²) in [7, 11) is 3.49. The van der Waals surface area contributed by atoms with Gasteiger partial charge in [0.25, 0.3) is 11.5 Å². The molecule has 0 radical (unpaired) electrons. The van der Waals surface area contributed by atoms with Gasteiger partial charge in [-0.15, -0.1) is 0 Å². The molecule has 4 fully saturated rings. The van der Waals surface area contributed by atoms with Crippen LogP contribution in [0.25, 0.3) is 22.3 Å². The molecule has 1 aliphatic carbocycles. The zero-order valence-corrected chi connectivity index (χ0v) is 41.1. The van der Waals surface area contributed by atoms with Gasteiger partial charge in [-0.2, -0.15) is 0 Å². The lowest BCUT2D eigenvalue weighted by Crippen LogP contribution is -2.54. The number of halogens is 3. The maximum absolute atomic E-state index is 16.1. The fraction of sp³-hybridized carbons (Fsp3) is 0.444. The molecule has 6 aliphatic rings. The van der Waals surface area contributed by atoms with E-state index in [-0.39, 0.29) is 47.9 Å². The van der Waals surface area contributed by atoms with Crippen molar-refractivity contribution in [3.8, 4) is 5.69 Å². The van der Waals surface area contributed by atoms with Crippen LogP contribution >= 0.6 is 0 Å². The third kappa shape index (κ3) is 8.15. The molecule has 376 valence electrons. The molecule has 5 aliphatic heterocycles. The third-order valence-corrected chi connectivity index (χ3v) is 16.4. The van der Waals surface area contributed by atoms with Gasteiger partial charge in [0, 0.05) is 126 Å². The highest BCUT2D eigenvalue weighted by Crippen LogP contribution is 2.59.